The number of rotatable bonds is 8. The Labute approximate surface area is 214 Å². The smallest absolute Gasteiger partial charge is 0.244 e. The number of anilines is 2. The van der Waals surface area contributed by atoms with Crippen LogP contribution in [0.3, 0.4) is 0 Å². The molecule has 0 aliphatic heterocycles. The second kappa shape index (κ2) is 11.2. The number of hydrogen-bond donors (Lipinski definition) is 2. The van der Waals surface area contributed by atoms with Crippen LogP contribution < -0.4 is 10.6 Å². The van der Waals surface area contributed by atoms with Gasteiger partial charge in [0.15, 0.2) is 5.16 Å². The van der Waals surface area contributed by atoms with E-state index in [2.05, 4.69) is 15.6 Å². The molecule has 4 aromatic rings. The third-order valence-electron chi connectivity index (χ3n) is 5.55. The largest absolute Gasteiger partial charge is 0.325 e. The van der Waals surface area contributed by atoms with E-state index in [9.17, 15) is 14.0 Å². The van der Waals surface area contributed by atoms with E-state index in [1.807, 2.05) is 62.4 Å². The molecule has 184 valence electrons. The maximum atomic E-state index is 13.4. The number of thioether (sulfide) groups is 1. The zero-order valence-corrected chi connectivity index (χ0v) is 21.1. The molecule has 0 radical (unpaired) electrons. The van der Waals surface area contributed by atoms with Crippen molar-refractivity contribution in [3.63, 3.8) is 0 Å². The van der Waals surface area contributed by atoms with Gasteiger partial charge in [-0.15, -0.1) is 0 Å². The van der Waals surface area contributed by atoms with Crippen LogP contribution in [0.2, 0.25) is 0 Å². The highest BCUT2D eigenvalue weighted by Crippen LogP contribution is 2.28. The van der Waals surface area contributed by atoms with Crippen LogP contribution in [0.5, 0.6) is 0 Å². The summed E-state index contributed by atoms with van der Waals surface area (Å²) in [6.45, 7) is 5.69. The third-order valence-corrected chi connectivity index (χ3v) is 6.65. The van der Waals surface area contributed by atoms with Crippen molar-refractivity contribution in [2.45, 2.75) is 37.7 Å². The van der Waals surface area contributed by atoms with Crippen LogP contribution in [0.15, 0.2) is 84.1 Å². The van der Waals surface area contributed by atoms with Crippen LogP contribution in [0.4, 0.5) is 15.8 Å². The number of amides is 2. The standard InChI is InChI=1S/C28H27FN4O2S/c1-18-7-6-9-23(15-18)30-26(34)17-33-16-25(21-11-13-22(29)14-12-21)32-28(33)36-20(3)27(35)31-24-10-5-4-8-19(24)2/h4-16,20H,17H2,1-3H3,(H,30,34)(H,31,35)/t20-/m1/s1. The van der Waals surface area contributed by atoms with Crippen molar-refractivity contribution < 1.29 is 14.0 Å². The molecule has 0 spiro atoms. The number of para-hydroxylation sites is 1. The van der Waals surface area contributed by atoms with Crippen molar-refractivity contribution in [3.05, 3.63) is 95.9 Å². The topological polar surface area (TPSA) is 76.0 Å². The molecule has 0 unspecified atom stereocenters. The van der Waals surface area contributed by atoms with Gasteiger partial charge < -0.3 is 15.2 Å². The van der Waals surface area contributed by atoms with E-state index < -0.39 is 5.25 Å². The molecule has 2 N–H and O–H groups in total. The van der Waals surface area contributed by atoms with Crippen LogP contribution in [0, 0.1) is 19.7 Å². The Morgan fingerprint density at radius 1 is 1.00 bits per heavy atom. The number of nitrogens with one attached hydrogen (secondary N) is 2. The van der Waals surface area contributed by atoms with Gasteiger partial charge in [0.2, 0.25) is 11.8 Å². The minimum absolute atomic E-state index is 0.0105. The first-order valence-corrected chi connectivity index (χ1v) is 12.4. The van der Waals surface area contributed by atoms with Crippen molar-refractivity contribution in [1.82, 2.24) is 9.55 Å². The highest BCUT2D eigenvalue weighted by molar-refractivity contribution is 8.00. The Morgan fingerprint density at radius 2 is 1.75 bits per heavy atom. The molecule has 0 aliphatic carbocycles. The molecule has 8 heteroatoms. The number of hydrogen-bond acceptors (Lipinski definition) is 4. The lowest BCUT2D eigenvalue weighted by Gasteiger charge is -2.14. The van der Waals surface area contributed by atoms with Gasteiger partial charge in [0.05, 0.1) is 10.9 Å². The normalized spacial score (nSPS) is 11.7. The molecule has 3 aromatic carbocycles. The van der Waals surface area contributed by atoms with Gasteiger partial charge in [-0.25, -0.2) is 9.37 Å². The summed E-state index contributed by atoms with van der Waals surface area (Å²) in [7, 11) is 0. The first kappa shape index (κ1) is 25.2. The fourth-order valence-electron chi connectivity index (χ4n) is 3.60. The lowest BCUT2D eigenvalue weighted by molar-refractivity contribution is -0.117. The summed E-state index contributed by atoms with van der Waals surface area (Å²) >= 11 is 1.26. The molecule has 0 saturated carbocycles. The SMILES string of the molecule is Cc1cccc(NC(=O)Cn2cc(-c3ccc(F)cc3)nc2S[C@H](C)C(=O)Nc2ccccc2C)c1. The summed E-state index contributed by atoms with van der Waals surface area (Å²) in [5.74, 6) is -0.731. The summed E-state index contributed by atoms with van der Waals surface area (Å²) < 4.78 is 15.1. The van der Waals surface area contributed by atoms with Crippen LogP contribution >= 0.6 is 11.8 Å². The van der Waals surface area contributed by atoms with E-state index in [1.54, 1.807) is 29.8 Å². The van der Waals surface area contributed by atoms with Gasteiger partial charge in [0.25, 0.3) is 0 Å². The maximum absolute atomic E-state index is 13.4. The summed E-state index contributed by atoms with van der Waals surface area (Å²) in [5, 5.41) is 5.89. The van der Waals surface area contributed by atoms with Crippen LogP contribution in [-0.4, -0.2) is 26.6 Å². The Hall–Kier alpha value is -3.91. The lowest BCUT2D eigenvalue weighted by atomic mass is 10.2. The van der Waals surface area contributed by atoms with Gasteiger partial charge in [-0.2, -0.15) is 0 Å². The maximum Gasteiger partial charge on any atom is 0.244 e. The number of benzene rings is 3. The molecule has 0 bridgehead atoms. The van der Waals surface area contributed by atoms with E-state index >= 15 is 0 Å². The number of carbonyl (C=O) groups is 2. The first-order valence-electron chi connectivity index (χ1n) is 11.5. The molecule has 2 amide bonds. The molecular formula is C28H27FN4O2S. The number of aryl methyl sites for hydroxylation is 2. The van der Waals surface area contributed by atoms with E-state index in [0.29, 0.717) is 22.1 Å². The van der Waals surface area contributed by atoms with Crippen molar-refractivity contribution in [1.29, 1.82) is 0 Å². The zero-order chi connectivity index (χ0) is 25.7. The van der Waals surface area contributed by atoms with Gasteiger partial charge in [0, 0.05) is 23.1 Å². The van der Waals surface area contributed by atoms with Crippen LogP contribution in [-0.2, 0) is 16.1 Å². The average molecular weight is 503 g/mol. The Morgan fingerprint density at radius 3 is 2.47 bits per heavy atom. The Balaban J connectivity index is 1.55. The minimum atomic E-state index is -0.480. The van der Waals surface area contributed by atoms with Gasteiger partial charge in [0.1, 0.15) is 12.4 Å². The van der Waals surface area contributed by atoms with E-state index in [4.69, 9.17) is 0 Å². The first-order chi connectivity index (χ1) is 17.3. The number of carbonyl (C=O) groups excluding carboxylic acids is 2. The minimum Gasteiger partial charge on any atom is -0.325 e. The molecule has 4 rings (SSSR count). The second-order valence-corrected chi connectivity index (χ2v) is 9.83. The molecule has 1 aromatic heterocycles. The van der Waals surface area contributed by atoms with Crippen LogP contribution in [0.1, 0.15) is 18.1 Å². The molecule has 1 atom stereocenters. The summed E-state index contributed by atoms with van der Waals surface area (Å²) in [4.78, 5) is 30.4. The molecule has 1 heterocycles. The monoisotopic (exact) mass is 502 g/mol. The third kappa shape index (κ3) is 6.40. The summed E-state index contributed by atoms with van der Waals surface area (Å²) in [5.41, 5.74) is 4.78. The van der Waals surface area contributed by atoms with E-state index in [-0.39, 0.29) is 24.2 Å². The summed E-state index contributed by atoms with van der Waals surface area (Å²) in [6.07, 6.45) is 1.75. The van der Waals surface area contributed by atoms with Gasteiger partial charge >= 0.3 is 0 Å². The fourth-order valence-corrected chi connectivity index (χ4v) is 4.49. The quantitative estimate of drug-likeness (QED) is 0.287. The Kier molecular flexibility index (Phi) is 7.85. The van der Waals surface area contributed by atoms with Crippen LogP contribution in [0.25, 0.3) is 11.3 Å². The summed E-state index contributed by atoms with van der Waals surface area (Å²) in [6, 6.07) is 21.1. The molecular weight excluding hydrogens is 475 g/mol. The molecule has 0 saturated heterocycles. The van der Waals surface area contributed by atoms with Crippen molar-refractivity contribution >= 4 is 35.0 Å². The molecule has 6 nitrogen and oxygen atoms in total. The molecule has 0 fully saturated rings. The fraction of sp³-hybridized carbons (Fsp3) is 0.179. The lowest BCUT2D eigenvalue weighted by Crippen LogP contribution is -2.24. The number of imidazole rings is 1. The predicted molar refractivity (Wildman–Crippen MR) is 143 cm³/mol. The average Bonchev–Trinajstić information content (AvgIpc) is 3.22. The predicted octanol–water partition coefficient (Wildman–Crippen LogP) is 6.06. The van der Waals surface area contributed by atoms with Gasteiger partial charge in [-0.3, -0.25) is 9.59 Å². The highest BCUT2D eigenvalue weighted by atomic mass is 32.2. The van der Waals surface area contributed by atoms with Gasteiger partial charge in [-0.05, 0) is 74.4 Å². The second-order valence-electron chi connectivity index (χ2n) is 8.53. The van der Waals surface area contributed by atoms with Crippen molar-refractivity contribution in [2.75, 3.05) is 10.6 Å². The van der Waals surface area contributed by atoms with Crippen molar-refractivity contribution in [3.8, 4) is 11.3 Å². The Bertz CT molecular complexity index is 1380. The number of nitrogens with zero attached hydrogens (tertiary/aromatic N) is 2. The number of halogens is 1. The highest BCUT2D eigenvalue weighted by Gasteiger charge is 2.21. The van der Waals surface area contributed by atoms with E-state index in [1.165, 1.54) is 23.9 Å². The van der Waals surface area contributed by atoms with Gasteiger partial charge in [-0.1, -0.05) is 42.1 Å². The van der Waals surface area contributed by atoms with Crippen molar-refractivity contribution in [2.24, 2.45) is 0 Å². The van der Waals surface area contributed by atoms with E-state index in [0.717, 1.165) is 16.8 Å². The zero-order valence-electron chi connectivity index (χ0n) is 20.3. The molecule has 0 aliphatic rings. The molecule has 36 heavy (non-hydrogen) atoms. The number of aromatic nitrogens is 2.